The molecule has 0 bridgehead atoms. The van der Waals surface area contributed by atoms with Gasteiger partial charge in [0.25, 0.3) is 0 Å². The molecule has 5 nitrogen and oxygen atoms in total. The van der Waals surface area contributed by atoms with E-state index in [0.29, 0.717) is 5.95 Å². The molecule has 3 N–H and O–H groups in total. The van der Waals surface area contributed by atoms with Crippen LogP contribution in [0.25, 0.3) is 11.0 Å². The number of anilines is 1. The van der Waals surface area contributed by atoms with Gasteiger partial charge in [-0.15, -0.1) is 0 Å². The Balaban J connectivity index is 2.18. The normalized spacial score (nSPS) is 19.9. The van der Waals surface area contributed by atoms with Crippen LogP contribution in [-0.2, 0) is 4.74 Å². The molecule has 1 aromatic heterocycles. The minimum Gasteiger partial charge on any atom is -0.494 e. The number of rotatable bonds is 2. The topological polar surface area (TPSA) is 73.2 Å². The van der Waals surface area contributed by atoms with Crippen LogP contribution in [0.2, 0.25) is 0 Å². The molecule has 17 heavy (non-hydrogen) atoms. The van der Waals surface area contributed by atoms with Crippen LogP contribution in [0.5, 0.6) is 5.75 Å². The van der Waals surface area contributed by atoms with Gasteiger partial charge in [-0.1, -0.05) is 6.07 Å². The first kappa shape index (κ1) is 10.4. The Morgan fingerprint density at radius 2 is 2.41 bits per heavy atom. The molecule has 0 aliphatic carbocycles. The summed E-state index contributed by atoms with van der Waals surface area (Å²) in [6.45, 7) is 0.818. The molecule has 1 aromatic carbocycles. The van der Waals surface area contributed by atoms with Crippen molar-refractivity contribution >= 4 is 17.0 Å². The van der Waals surface area contributed by atoms with E-state index in [9.17, 15) is 0 Å². The molecular weight excluding hydrogens is 218 g/mol. The molecule has 1 saturated heterocycles. The summed E-state index contributed by atoms with van der Waals surface area (Å²) in [7, 11) is 1.64. The molecule has 2 aromatic rings. The van der Waals surface area contributed by atoms with Crippen LogP contribution in [0.1, 0.15) is 24.5 Å². The molecule has 1 fully saturated rings. The highest BCUT2D eigenvalue weighted by Gasteiger charge is 2.22. The average molecular weight is 233 g/mol. The van der Waals surface area contributed by atoms with E-state index >= 15 is 0 Å². The number of hydrogen-bond donors (Lipinski definition) is 2. The van der Waals surface area contributed by atoms with Crippen molar-refractivity contribution in [3.8, 4) is 5.75 Å². The Morgan fingerprint density at radius 3 is 3.12 bits per heavy atom. The molecule has 5 heteroatoms. The van der Waals surface area contributed by atoms with Crippen LogP contribution in [0.15, 0.2) is 12.1 Å². The first-order valence-electron chi connectivity index (χ1n) is 5.73. The Labute approximate surface area is 98.9 Å². The zero-order valence-electron chi connectivity index (χ0n) is 9.69. The fourth-order valence-electron chi connectivity index (χ4n) is 2.36. The molecule has 0 spiro atoms. The monoisotopic (exact) mass is 233 g/mol. The number of methoxy groups -OCH3 is 1. The van der Waals surface area contributed by atoms with Crippen LogP contribution in [0.3, 0.4) is 0 Å². The number of nitrogens with one attached hydrogen (secondary N) is 1. The maximum Gasteiger partial charge on any atom is 0.198 e. The lowest BCUT2D eigenvalue weighted by Gasteiger charge is -2.11. The van der Waals surface area contributed by atoms with Crippen molar-refractivity contribution in [3.63, 3.8) is 0 Å². The Hall–Kier alpha value is -1.75. The summed E-state index contributed by atoms with van der Waals surface area (Å²) in [6.07, 6.45) is 2.26. The minimum atomic E-state index is 0.131. The van der Waals surface area contributed by atoms with E-state index in [4.69, 9.17) is 15.2 Å². The van der Waals surface area contributed by atoms with Gasteiger partial charge in [-0.25, -0.2) is 4.98 Å². The highest BCUT2D eigenvalue weighted by Crippen LogP contribution is 2.36. The fraction of sp³-hybridized carbons (Fsp3) is 0.417. The van der Waals surface area contributed by atoms with E-state index in [-0.39, 0.29) is 6.10 Å². The number of aromatic nitrogens is 2. The SMILES string of the molecule is COc1ccc(C2CCCO2)c2nc(N)[nH]c12. The average Bonchev–Trinajstić information content (AvgIpc) is 2.95. The van der Waals surface area contributed by atoms with E-state index < -0.39 is 0 Å². The third-order valence-electron chi connectivity index (χ3n) is 3.15. The molecule has 2 heterocycles. The molecule has 1 aliphatic heterocycles. The van der Waals surface area contributed by atoms with E-state index in [1.165, 1.54) is 0 Å². The largest absolute Gasteiger partial charge is 0.494 e. The van der Waals surface area contributed by atoms with Gasteiger partial charge in [-0.2, -0.15) is 0 Å². The first-order valence-corrected chi connectivity index (χ1v) is 5.73. The number of aromatic amines is 1. The van der Waals surface area contributed by atoms with Gasteiger partial charge in [-0.05, 0) is 18.9 Å². The lowest BCUT2D eigenvalue weighted by Crippen LogP contribution is -1.98. The van der Waals surface area contributed by atoms with Gasteiger partial charge in [0.05, 0.1) is 13.2 Å². The number of ether oxygens (including phenoxy) is 2. The summed E-state index contributed by atoms with van der Waals surface area (Å²) in [5.74, 6) is 1.16. The zero-order valence-corrected chi connectivity index (χ0v) is 9.69. The molecule has 1 unspecified atom stereocenters. The maximum absolute atomic E-state index is 5.72. The predicted molar refractivity (Wildman–Crippen MR) is 65.0 cm³/mol. The summed E-state index contributed by atoms with van der Waals surface area (Å²) in [5.41, 5.74) is 8.51. The highest BCUT2D eigenvalue weighted by atomic mass is 16.5. The number of benzene rings is 1. The van der Waals surface area contributed by atoms with Crippen LogP contribution < -0.4 is 10.5 Å². The highest BCUT2D eigenvalue weighted by molar-refractivity contribution is 5.86. The zero-order chi connectivity index (χ0) is 11.8. The number of imidazole rings is 1. The van der Waals surface area contributed by atoms with E-state index in [1.807, 2.05) is 12.1 Å². The van der Waals surface area contributed by atoms with Crippen molar-refractivity contribution < 1.29 is 9.47 Å². The summed E-state index contributed by atoms with van der Waals surface area (Å²) in [5, 5.41) is 0. The molecule has 3 rings (SSSR count). The van der Waals surface area contributed by atoms with Crippen molar-refractivity contribution in [1.29, 1.82) is 0 Å². The second kappa shape index (κ2) is 3.92. The number of H-pyrrole nitrogens is 1. The van der Waals surface area contributed by atoms with E-state index in [2.05, 4.69) is 9.97 Å². The molecule has 1 aliphatic rings. The summed E-state index contributed by atoms with van der Waals surface area (Å²) >= 11 is 0. The number of nitrogens with zero attached hydrogens (tertiary/aromatic N) is 1. The summed E-state index contributed by atoms with van der Waals surface area (Å²) in [6, 6.07) is 3.94. The van der Waals surface area contributed by atoms with E-state index in [1.54, 1.807) is 7.11 Å². The Bertz CT molecular complexity index is 544. The van der Waals surface area contributed by atoms with Crippen molar-refractivity contribution in [2.24, 2.45) is 0 Å². The molecule has 1 atom stereocenters. The number of nitrogens with two attached hydrogens (primary N) is 1. The van der Waals surface area contributed by atoms with Gasteiger partial charge in [0, 0.05) is 12.2 Å². The summed E-state index contributed by atoms with van der Waals surface area (Å²) < 4.78 is 11.0. The van der Waals surface area contributed by atoms with Crippen molar-refractivity contribution in [2.75, 3.05) is 19.5 Å². The second-order valence-electron chi connectivity index (χ2n) is 4.20. The van der Waals surface area contributed by atoms with Crippen LogP contribution in [-0.4, -0.2) is 23.7 Å². The van der Waals surface area contributed by atoms with Crippen LogP contribution in [0.4, 0.5) is 5.95 Å². The lowest BCUT2D eigenvalue weighted by atomic mass is 10.0. The van der Waals surface area contributed by atoms with Gasteiger partial charge in [0.2, 0.25) is 0 Å². The number of fused-ring (bicyclic) bond motifs is 1. The van der Waals surface area contributed by atoms with Gasteiger partial charge < -0.3 is 20.2 Å². The quantitative estimate of drug-likeness (QED) is 0.832. The van der Waals surface area contributed by atoms with Crippen molar-refractivity contribution in [1.82, 2.24) is 9.97 Å². The second-order valence-corrected chi connectivity index (χ2v) is 4.20. The van der Waals surface area contributed by atoms with Crippen LogP contribution in [0, 0.1) is 0 Å². The maximum atomic E-state index is 5.72. The third kappa shape index (κ3) is 1.63. The van der Waals surface area contributed by atoms with Crippen LogP contribution >= 0.6 is 0 Å². The minimum absolute atomic E-state index is 0.131. The molecule has 0 saturated carbocycles. The standard InChI is InChI=1S/C12H15N3O2/c1-16-9-5-4-7(8-3-2-6-17-8)10-11(9)15-12(13)14-10/h4-5,8H,2-3,6H2,1H3,(H3,13,14,15). The van der Waals surface area contributed by atoms with Crippen molar-refractivity contribution in [3.05, 3.63) is 17.7 Å². The number of hydrogen-bond acceptors (Lipinski definition) is 4. The molecule has 0 radical (unpaired) electrons. The number of nitrogen functional groups attached to an aromatic ring is 1. The van der Waals surface area contributed by atoms with E-state index in [0.717, 1.165) is 41.8 Å². The lowest BCUT2D eigenvalue weighted by molar-refractivity contribution is 0.113. The van der Waals surface area contributed by atoms with Gasteiger partial charge >= 0.3 is 0 Å². The summed E-state index contributed by atoms with van der Waals surface area (Å²) in [4.78, 5) is 7.36. The van der Waals surface area contributed by atoms with Gasteiger partial charge in [-0.3, -0.25) is 0 Å². The third-order valence-corrected chi connectivity index (χ3v) is 3.15. The smallest absolute Gasteiger partial charge is 0.198 e. The van der Waals surface area contributed by atoms with Gasteiger partial charge in [0.1, 0.15) is 16.8 Å². The Morgan fingerprint density at radius 1 is 1.53 bits per heavy atom. The molecule has 90 valence electrons. The van der Waals surface area contributed by atoms with Crippen molar-refractivity contribution in [2.45, 2.75) is 18.9 Å². The Kier molecular flexibility index (Phi) is 2.40. The molecular formula is C12H15N3O2. The fourth-order valence-corrected chi connectivity index (χ4v) is 2.36. The first-order chi connectivity index (χ1) is 8.29. The predicted octanol–water partition coefficient (Wildman–Crippen LogP) is 2.01. The molecule has 0 amide bonds. The van der Waals surface area contributed by atoms with Gasteiger partial charge in [0.15, 0.2) is 5.95 Å².